The van der Waals surface area contributed by atoms with Crippen LogP contribution in [-0.4, -0.2) is 15.0 Å². The zero-order valence-corrected chi connectivity index (χ0v) is 8.42. The Morgan fingerprint density at radius 1 is 1.36 bits per heavy atom. The number of hydrogen-bond donors (Lipinski definition) is 0. The van der Waals surface area contributed by atoms with Gasteiger partial charge < -0.3 is 0 Å². The van der Waals surface area contributed by atoms with Gasteiger partial charge in [0.1, 0.15) is 0 Å². The van der Waals surface area contributed by atoms with Gasteiger partial charge >= 0.3 is 74.1 Å². The Hall–Kier alpha value is -0.521. The first-order valence-corrected chi connectivity index (χ1v) is 5.68. The van der Waals surface area contributed by atoms with Gasteiger partial charge in [0.05, 0.1) is 0 Å². The van der Waals surface area contributed by atoms with Gasteiger partial charge in [-0.1, -0.05) is 0 Å². The van der Waals surface area contributed by atoms with Crippen LogP contribution < -0.4 is 4.46 Å². The molecule has 1 aromatic rings. The Balaban J connectivity index is 2.45. The van der Waals surface area contributed by atoms with E-state index in [1.807, 2.05) is 0 Å². The summed E-state index contributed by atoms with van der Waals surface area (Å²) in [7, 11) is 0. The molecule has 0 saturated carbocycles. The first kappa shape index (κ1) is 8.57. The fraction of sp³-hybridized carbons (Fsp3) is 0.200. The van der Waals surface area contributed by atoms with E-state index in [9.17, 15) is 0 Å². The molecule has 0 N–H and O–H groups in total. The molecular formula is C10H12Se. The molecule has 0 aliphatic heterocycles. The minimum absolute atomic E-state index is 0.590. The molecule has 0 amide bonds. The van der Waals surface area contributed by atoms with Gasteiger partial charge in [0, 0.05) is 0 Å². The van der Waals surface area contributed by atoms with E-state index < -0.39 is 0 Å². The molecular weight excluding hydrogens is 199 g/mol. The van der Waals surface area contributed by atoms with E-state index in [0.29, 0.717) is 15.0 Å². The van der Waals surface area contributed by atoms with Crippen LogP contribution in [0, 0.1) is 0 Å². The third-order valence-corrected chi connectivity index (χ3v) is 3.84. The standard InChI is InChI=1S/C10H12Se/c1-9(2)8-11-10-6-4-3-5-7-10/h3-7H,1,8H2,2H3. The Kier molecular flexibility index (Phi) is 3.41. The van der Waals surface area contributed by atoms with E-state index in [0.717, 1.165) is 5.32 Å². The summed E-state index contributed by atoms with van der Waals surface area (Å²) in [5, 5.41) is 1.16. The van der Waals surface area contributed by atoms with Gasteiger partial charge in [0.15, 0.2) is 0 Å². The molecule has 0 heterocycles. The van der Waals surface area contributed by atoms with Gasteiger partial charge in [-0.3, -0.25) is 0 Å². The van der Waals surface area contributed by atoms with Crippen molar-refractivity contribution in [2.24, 2.45) is 0 Å². The molecule has 58 valence electrons. The van der Waals surface area contributed by atoms with Crippen LogP contribution in [0.15, 0.2) is 42.5 Å². The van der Waals surface area contributed by atoms with Crippen molar-refractivity contribution in [1.29, 1.82) is 0 Å². The van der Waals surface area contributed by atoms with Crippen molar-refractivity contribution in [3.63, 3.8) is 0 Å². The van der Waals surface area contributed by atoms with E-state index in [1.165, 1.54) is 10.0 Å². The summed E-state index contributed by atoms with van der Waals surface area (Å²) in [6, 6.07) is 10.6. The molecule has 11 heavy (non-hydrogen) atoms. The SMILES string of the molecule is C=C(C)C[Se]c1ccccc1. The second kappa shape index (κ2) is 4.38. The monoisotopic (exact) mass is 212 g/mol. The second-order valence-corrected chi connectivity index (χ2v) is 4.76. The van der Waals surface area contributed by atoms with Gasteiger partial charge in [0.25, 0.3) is 0 Å². The Labute approximate surface area is 74.5 Å². The molecule has 0 unspecified atom stereocenters. The van der Waals surface area contributed by atoms with Crippen molar-refractivity contribution < 1.29 is 0 Å². The van der Waals surface area contributed by atoms with Gasteiger partial charge in [-0.15, -0.1) is 0 Å². The van der Waals surface area contributed by atoms with Crippen LogP contribution in [0.1, 0.15) is 6.92 Å². The topological polar surface area (TPSA) is 0 Å². The molecule has 0 saturated heterocycles. The summed E-state index contributed by atoms with van der Waals surface area (Å²) < 4.78 is 1.46. The molecule has 1 rings (SSSR count). The predicted octanol–water partition coefficient (Wildman–Crippen LogP) is 2.01. The second-order valence-electron chi connectivity index (χ2n) is 2.56. The first-order valence-electron chi connectivity index (χ1n) is 3.61. The van der Waals surface area contributed by atoms with Crippen molar-refractivity contribution in [3.05, 3.63) is 42.5 Å². The number of allylic oxidation sites excluding steroid dienone is 1. The summed E-state index contributed by atoms with van der Waals surface area (Å²) in [6.07, 6.45) is 0. The summed E-state index contributed by atoms with van der Waals surface area (Å²) in [5.74, 6) is 0. The molecule has 0 aliphatic rings. The van der Waals surface area contributed by atoms with E-state index in [2.05, 4.69) is 43.8 Å². The fourth-order valence-corrected chi connectivity index (χ4v) is 2.32. The van der Waals surface area contributed by atoms with Crippen LogP contribution in [0.25, 0.3) is 0 Å². The van der Waals surface area contributed by atoms with Crippen molar-refractivity contribution in [2.75, 3.05) is 0 Å². The molecule has 1 aromatic carbocycles. The summed E-state index contributed by atoms with van der Waals surface area (Å²) in [6.45, 7) is 5.97. The van der Waals surface area contributed by atoms with Crippen LogP contribution in [0.4, 0.5) is 0 Å². The van der Waals surface area contributed by atoms with Crippen LogP contribution in [-0.2, 0) is 0 Å². The van der Waals surface area contributed by atoms with Crippen molar-refractivity contribution in [2.45, 2.75) is 12.2 Å². The number of hydrogen-bond acceptors (Lipinski definition) is 0. The average Bonchev–Trinajstić information content (AvgIpc) is 2.03. The molecule has 1 heteroatoms. The quantitative estimate of drug-likeness (QED) is 0.530. The molecule has 0 fully saturated rings. The summed E-state index contributed by atoms with van der Waals surface area (Å²) in [4.78, 5) is 0. The molecule has 0 radical (unpaired) electrons. The van der Waals surface area contributed by atoms with Crippen LogP contribution >= 0.6 is 0 Å². The van der Waals surface area contributed by atoms with Crippen molar-refractivity contribution in [3.8, 4) is 0 Å². The normalized spacial score (nSPS) is 9.55. The first-order chi connectivity index (χ1) is 5.29. The van der Waals surface area contributed by atoms with Gasteiger partial charge in [-0.2, -0.15) is 0 Å². The van der Waals surface area contributed by atoms with Gasteiger partial charge in [0.2, 0.25) is 0 Å². The van der Waals surface area contributed by atoms with E-state index in [-0.39, 0.29) is 0 Å². The zero-order valence-electron chi connectivity index (χ0n) is 6.71. The van der Waals surface area contributed by atoms with E-state index >= 15 is 0 Å². The van der Waals surface area contributed by atoms with Gasteiger partial charge in [-0.25, -0.2) is 0 Å². The third kappa shape index (κ3) is 3.41. The molecule has 0 bridgehead atoms. The van der Waals surface area contributed by atoms with E-state index in [4.69, 9.17) is 0 Å². The molecule has 0 aliphatic carbocycles. The van der Waals surface area contributed by atoms with E-state index in [1.54, 1.807) is 0 Å². The molecule has 0 spiro atoms. The zero-order chi connectivity index (χ0) is 8.10. The van der Waals surface area contributed by atoms with Crippen molar-refractivity contribution in [1.82, 2.24) is 0 Å². The van der Waals surface area contributed by atoms with Crippen molar-refractivity contribution >= 4 is 19.4 Å². The number of rotatable bonds is 3. The van der Waals surface area contributed by atoms with Crippen LogP contribution in [0.2, 0.25) is 5.32 Å². The summed E-state index contributed by atoms with van der Waals surface area (Å²) >= 11 is 0.590. The maximum absolute atomic E-state index is 3.89. The molecule has 0 nitrogen and oxygen atoms in total. The maximum atomic E-state index is 3.89. The van der Waals surface area contributed by atoms with Gasteiger partial charge in [-0.05, 0) is 0 Å². The Morgan fingerprint density at radius 3 is 2.55 bits per heavy atom. The Morgan fingerprint density at radius 2 is 2.00 bits per heavy atom. The third-order valence-electron chi connectivity index (χ3n) is 1.23. The fourth-order valence-electron chi connectivity index (χ4n) is 0.723. The van der Waals surface area contributed by atoms with Crippen LogP contribution in [0.3, 0.4) is 0 Å². The Bertz CT molecular complexity index is 226. The predicted molar refractivity (Wildman–Crippen MR) is 51.5 cm³/mol. The summed E-state index contributed by atoms with van der Waals surface area (Å²) in [5.41, 5.74) is 1.29. The molecule has 0 atom stereocenters. The average molecular weight is 211 g/mol. The van der Waals surface area contributed by atoms with Crippen LogP contribution in [0.5, 0.6) is 0 Å². The molecule has 0 aromatic heterocycles. The number of benzene rings is 1. The minimum atomic E-state index is 0.590.